The molecule has 1 aliphatic rings. The zero-order chi connectivity index (χ0) is 17.2. The van der Waals surface area contributed by atoms with Gasteiger partial charge in [0.15, 0.2) is 5.65 Å². The Kier molecular flexibility index (Phi) is 4.96. The highest BCUT2D eigenvalue weighted by Crippen LogP contribution is 2.32. The van der Waals surface area contributed by atoms with Crippen LogP contribution in [0.4, 0.5) is 0 Å². The predicted octanol–water partition coefficient (Wildman–Crippen LogP) is 5.87. The molecule has 0 N–H and O–H groups in total. The topological polar surface area (TPSA) is 30.2 Å². The second kappa shape index (κ2) is 7.35. The molecule has 0 spiro atoms. The van der Waals surface area contributed by atoms with Crippen LogP contribution in [0.2, 0.25) is 10.0 Å². The van der Waals surface area contributed by atoms with Crippen LogP contribution in [0.1, 0.15) is 55.0 Å². The Labute approximate surface area is 158 Å². The summed E-state index contributed by atoms with van der Waals surface area (Å²) < 4.78 is 2.18. The minimum Gasteiger partial charge on any atom is -0.286 e. The number of hydrogen-bond acceptors (Lipinski definition) is 2. The highest BCUT2D eigenvalue weighted by atomic mass is 35.5. The summed E-state index contributed by atoms with van der Waals surface area (Å²) in [4.78, 5) is 0. The van der Waals surface area contributed by atoms with Crippen LogP contribution in [0.3, 0.4) is 0 Å². The van der Waals surface area contributed by atoms with Gasteiger partial charge in [-0.15, -0.1) is 10.2 Å². The number of fused-ring (bicyclic) bond motifs is 1. The van der Waals surface area contributed by atoms with E-state index in [0.717, 1.165) is 39.9 Å². The van der Waals surface area contributed by atoms with E-state index in [1.165, 1.54) is 37.7 Å². The van der Waals surface area contributed by atoms with Crippen LogP contribution in [0.15, 0.2) is 36.5 Å². The summed E-state index contributed by atoms with van der Waals surface area (Å²) in [5, 5.41) is 10.5. The van der Waals surface area contributed by atoms with E-state index in [9.17, 15) is 0 Å². The molecule has 0 saturated heterocycles. The van der Waals surface area contributed by atoms with E-state index in [0.29, 0.717) is 5.92 Å². The number of aryl methyl sites for hydroxylation is 1. The van der Waals surface area contributed by atoms with E-state index in [-0.39, 0.29) is 0 Å². The highest BCUT2D eigenvalue weighted by Gasteiger charge is 2.21. The molecule has 0 aliphatic heterocycles. The summed E-state index contributed by atoms with van der Waals surface area (Å²) in [5.74, 6) is 1.66. The number of aromatic nitrogens is 3. The molecule has 0 unspecified atom stereocenters. The normalized spacial score (nSPS) is 15.8. The molecule has 1 aliphatic carbocycles. The molecule has 0 atom stereocenters. The fourth-order valence-corrected chi connectivity index (χ4v) is 4.44. The van der Waals surface area contributed by atoms with Gasteiger partial charge >= 0.3 is 0 Å². The van der Waals surface area contributed by atoms with Crippen LogP contribution in [-0.2, 0) is 12.8 Å². The van der Waals surface area contributed by atoms with Gasteiger partial charge in [-0.25, -0.2) is 0 Å². The molecular formula is C20H21Cl2N3. The molecule has 1 saturated carbocycles. The fourth-order valence-electron chi connectivity index (χ4n) is 3.85. The molecule has 5 heteroatoms. The smallest absolute Gasteiger partial charge is 0.164 e. The largest absolute Gasteiger partial charge is 0.286 e. The van der Waals surface area contributed by atoms with Crippen molar-refractivity contribution in [2.45, 2.75) is 50.9 Å². The Bertz CT molecular complexity index is 862. The molecule has 1 fully saturated rings. The van der Waals surface area contributed by atoms with Gasteiger partial charge in [-0.2, -0.15) is 0 Å². The lowest BCUT2D eigenvalue weighted by molar-refractivity contribution is 0.426. The zero-order valence-electron chi connectivity index (χ0n) is 14.1. The van der Waals surface area contributed by atoms with E-state index in [4.69, 9.17) is 23.2 Å². The number of hydrogen-bond donors (Lipinski definition) is 0. The van der Waals surface area contributed by atoms with Gasteiger partial charge in [-0.05, 0) is 55.0 Å². The molecule has 130 valence electrons. The van der Waals surface area contributed by atoms with Crippen LogP contribution >= 0.6 is 23.2 Å². The highest BCUT2D eigenvalue weighted by molar-refractivity contribution is 6.35. The number of benzene rings is 1. The van der Waals surface area contributed by atoms with E-state index >= 15 is 0 Å². The van der Waals surface area contributed by atoms with E-state index < -0.39 is 0 Å². The average Bonchev–Trinajstić information content (AvgIpc) is 3.07. The van der Waals surface area contributed by atoms with Gasteiger partial charge in [0.1, 0.15) is 5.82 Å². The minimum absolute atomic E-state index is 0.539. The third-order valence-electron chi connectivity index (χ3n) is 5.22. The molecular weight excluding hydrogens is 353 g/mol. The molecule has 4 rings (SSSR count). The van der Waals surface area contributed by atoms with Gasteiger partial charge in [-0.3, -0.25) is 4.40 Å². The first-order chi connectivity index (χ1) is 12.2. The molecule has 1 aromatic carbocycles. The molecule has 3 nitrogen and oxygen atoms in total. The quantitative estimate of drug-likeness (QED) is 0.572. The van der Waals surface area contributed by atoms with E-state index in [1.807, 2.05) is 18.2 Å². The lowest BCUT2D eigenvalue weighted by Crippen LogP contribution is -2.09. The van der Waals surface area contributed by atoms with Crippen molar-refractivity contribution in [3.63, 3.8) is 0 Å². The van der Waals surface area contributed by atoms with Crippen molar-refractivity contribution in [2.24, 2.45) is 0 Å². The Morgan fingerprint density at radius 1 is 0.920 bits per heavy atom. The van der Waals surface area contributed by atoms with Crippen molar-refractivity contribution in [3.8, 4) is 0 Å². The molecule has 0 amide bonds. The molecule has 3 aromatic rings. The third kappa shape index (κ3) is 3.40. The minimum atomic E-state index is 0.539. The lowest BCUT2D eigenvalue weighted by atomic mass is 9.89. The Morgan fingerprint density at radius 2 is 1.68 bits per heavy atom. The summed E-state index contributed by atoms with van der Waals surface area (Å²) >= 11 is 12.6. The fraction of sp³-hybridized carbons (Fsp3) is 0.400. The van der Waals surface area contributed by atoms with Crippen molar-refractivity contribution in [1.82, 2.24) is 14.6 Å². The number of pyridine rings is 1. The Balaban J connectivity index is 1.61. The number of rotatable bonds is 4. The summed E-state index contributed by atoms with van der Waals surface area (Å²) in [6, 6.07) is 9.87. The van der Waals surface area contributed by atoms with Crippen LogP contribution in [-0.4, -0.2) is 14.6 Å². The first-order valence-electron chi connectivity index (χ1n) is 8.99. The summed E-state index contributed by atoms with van der Waals surface area (Å²) in [6.07, 6.45) is 10.1. The Morgan fingerprint density at radius 3 is 2.44 bits per heavy atom. The summed E-state index contributed by atoms with van der Waals surface area (Å²) in [6.45, 7) is 0. The van der Waals surface area contributed by atoms with Gasteiger partial charge in [-0.1, -0.05) is 54.6 Å². The van der Waals surface area contributed by atoms with Crippen LogP contribution in [0, 0.1) is 0 Å². The molecule has 25 heavy (non-hydrogen) atoms. The maximum absolute atomic E-state index is 6.30. The SMILES string of the molecule is Clc1cccc(Cl)c1CCc1cccn2c(C3CCCCC3)nnc12. The van der Waals surface area contributed by atoms with Crippen molar-refractivity contribution >= 4 is 28.8 Å². The second-order valence-corrected chi connectivity index (χ2v) is 7.63. The molecule has 0 radical (unpaired) electrons. The molecule has 2 heterocycles. The molecule has 2 aromatic heterocycles. The lowest BCUT2D eigenvalue weighted by Gasteiger charge is -2.19. The van der Waals surface area contributed by atoms with E-state index in [1.54, 1.807) is 0 Å². The standard InChI is InChI=1S/C20H21Cl2N3/c21-17-9-4-10-18(22)16(17)12-11-15-8-5-13-25-19(23-24-20(15)25)14-6-2-1-3-7-14/h4-5,8-10,13-14H,1-3,6-7,11-12H2. The first kappa shape index (κ1) is 16.9. The Hall–Kier alpha value is -1.58. The maximum Gasteiger partial charge on any atom is 0.164 e. The third-order valence-corrected chi connectivity index (χ3v) is 5.93. The predicted molar refractivity (Wildman–Crippen MR) is 103 cm³/mol. The molecule has 0 bridgehead atoms. The monoisotopic (exact) mass is 373 g/mol. The number of nitrogens with zero attached hydrogens (tertiary/aromatic N) is 3. The van der Waals surface area contributed by atoms with Crippen LogP contribution in [0.25, 0.3) is 5.65 Å². The van der Waals surface area contributed by atoms with Crippen molar-refractivity contribution < 1.29 is 0 Å². The summed E-state index contributed by atoms with van der Waals surface area (Å²) in [5.41, 5.74) is 3.15. The summed E-state index contributed by atoms with van der Waals surface area (Å²) in [7, 11) is 0. The van der Waals surface area contributed by atoms with Crippen molar-refractivity contribution in [2.75, 3.05) is 0 Å². The van der Waals surface area contributed by atoms with Gasteiger partial charge < -0.3 is 0 Å². The van der Waals surface area contributed by atoms with Crippen LogP contribution in [0.5, 0.6) is 0 Å². The zero-order valence-corrected chi connectivity index (χ0v) is 15.6. The maximum atomic E-state index is 6.30. The van der Waals surface area contributed by atoms with E-state index in [2.05, 4.69) is 32.9 Å². The van der Waals surface area contributed by atoms with Gasteiger partial charge in [0, 0.05) is 22.2 Å². The van der Waals surface area contributed by atoms with Crippen LogP contribution < -0.4 is 0 Å². The number of halogens is 2. The second-order valence-electron chi connectivity index (χ2n) is 6.82. The van der Waals surface area contributed by atoms with Crippen molar-refractivity contribution in [3.05, 3.63) is 63.5 Å². The van der Waals surface area contributed by atoms with Gasteiger partial charge in [0.2, 0.25) is 0 Å². The van der Waals surface area contributed by atoms with Crippen molar-refractivity contribution in [1.29, 1.82) is 0 Å². The van der Waals surface area contributed by atoms with Gasteiger partial charge in [0.05, 0.1) is 0 Å². The average molecular weight is 374 g/mol. The van der Waals surface area contributed by atoms with Gasteiger partial charge in [0.25, 0.3) is 0 Å². The first-order valence-corrected chi connectivity index (χ1v) is 9.75.